The van der Waals surface area contributed by atoms with Crippen molar-refractivity contribution < 1.29 is 9.59 Å². The molecule has 5 heteroatoms. The van der Waals surface area contributed by atoms with Gasteiger partial charge in [0.1, 0.15) is 6.04 Å². The number of benzene rings is 2. The minimum atomic E-state index is -0.369. The number of anilines is 1. The van der Waals surface area contributed by atoms with Crippen molar-refractivity contribution in [1.29, 1.82) is 0 Å². The Morgan fingerprint density at radius 2 is 1.73 bits per heavy atom. The van der Waals surface area contributed by atoms with Crippen LogP contribution >= 0.6 is 0 Å². The minimum absolute atomic E-state index is 0.0525. The van der Waals surface area contributed by atoms with Gasteiger partial charge >= 0.3 is 0 Å². The number of nitrogens with zero attached hydrogens (tertiary/aromatic N) is 2. The number of primary amides is 1. The van der Waals surface area contributed by atoms with Crippen LogP contribution in [0, 0.1) is 5.92 Å². The number of likely N-dealkylation sites (tertiary alicyclic amines) is 1. The second-order valence-corrected chi connectivity index (χ2v) is 7.06. The third-order valence-electron chi connectivity index (χ3n) is 5.49. The van der Waals surface area contributed by atoms with Crippen LogP contribution in [-0.4, -0.2) is 36.3 Å². The number of amides is 2. The summed E-state index contributed by atoms with van der Waals surface area (Å²) in [6.07, 6.45) is 1.59. The molecular formula is C21H23N3O2. The van der Waals surface area contributed by atoms with E-state index >= 15 is 0 Å². The lowest BCUT2D eigenvalue weighted by molar-refractivity contribution is -0.132. The summed E-state index contributed by atoms with van der Waals surface area (Å²) in [6, 6.07) is 17.8. The van der Waals surface area contributed by atoms with Crippen molar-refractivity contribution in [2.45, 2.75) is 18.9 Å². The molecular weight excluding hydrogens is 326 g/mol. The Bertz CT molecular complexity index is 821. The van der Waals surface area contributed by atoms with Gasteiger partial charge in [0.2, 0.25) is 11.8 Å². The van der Waals surface area contributed by atoms with Crippen LogP contribution in [0.5, 0.6) is 0 Å². The Morgan fingerprint density at radius 1 is 1.00 bits per heavy atom. The van der Waals surface area contributed by atoms with Crippen molar-refractivity contribution in [1.82, 2.24) is 4.90 Å². The van der Waals surface area contributed by atoms with Gasteiger partial charge in [0.05, 0.1) is 5.92 Å². The standard InChI is InChI=1S/C21H23N3O2/c22-20(25)17-10-12-23(14-17)21(26)19(16-7-2-1-3-8-16)24-13-11-15-6-4-5-9-18(15)24/h1-9,17,19H,10-14H2,(H2,22,25)/t17-,19-/m0/s1. The predicted octanol–water partition coefficient (Wildman–Crippen LogP) is 2.12. The molecule has 26 heavy (non-hydrogen) atoms. The minimum Gasteiger partial charge on any atom is -0.369 e. The molecule has 2 atom stereocenters. The molecule has 0 aliphatic carbocycles. The number of para-hydroxylation sites is 1. The van der Waals surface area contributed by atoms with E-state index in [0.717, 1.165) is 24.2 Å². The second kappa shape index (κ2) is 6.83. The van der Waals surface area contributed by atoms with Gasteiger partial charge in [-0.25, -0.2) is 0 Å². The SMILES string of the molecule is NC(=O)[C@H]1CCN(C(=O)[C@H](c2ccccc2)N2CCc3ccccc32)C1. The van der Waals surface area contributed by atoms with E-state index in [-0.39, 0.29) is 23.8 Å². The molecule has 0 bridgehead atoms. The fraction of sp³-hybridized carbons (Fsp3) is 0.333. The van der Waals surface area contributed by atoms with Gasteiger partial charge < -0.3 is 15.5 Å². The first kappa shape index (κ1) is 16.6. The van der Waals surface area contributed by atoms with Gasteiger partial charge in [-0.15, -0.1) is 0 Å². The fourth-order valence-corrected chi connectivity index (χ4v) is 4.09. The van der Waals surface area contributed by atoms with E-state index in [2.05, 4.69) is 17.0 Å². The Labute approximate surface area is 153 Å². The summed E-state index contributed by atoms with van der Waals surface area (Å²) in [5.41, 5.74) is 8.83. The Morgan fingerprint density at radius 3 is 2.46 bits per heavy atom. The molecule has 0 radical (unpaired) electrons. The lowest BCUT2D eigenvalue weighted by atomic mass is 10.0. The Hall–Kier alpha value is -2.82. The first-order valence-corrected chi connectivity index (χ1v) is 9.13. The quantitative estimate of drug-likeness (QED) is 0.919. The smallest absolute Gasteiger partial charge is 0.249 e. The van der Waals surface area contributed by atoms with Crippen LogP contribution in [-0.2, 0) is 16.0 Å². The second-order valence-electron chi connectivity index (χ2n) is 7.06. The van der Waals surface area contributed by atoms with E-state index in [9.17, 15) is 9.59 Å². The zero-order valence-corrected chi connectivity index (χ0v) is 14.7. The summed E-state index contributed by atoms with van der Waals surface area (Å²) >= 11 is 0. The average molecular weight is 349 g/mol. The molecule has 4 rings (SSSR count). The maximum absolute atomic E-state index is 13.4. The molecule has 2 amide bonds. The van der Waals surface area contributed by atoms with Crippen LogP contribution in [0.4, 0.5) is 5.69 Å². The van der Waals surface area contributed by atoms with Gasteiger partial charge in [-0.1, -0.05) is 48.5 Å². The highest BCUT2D eigenvalue weighted by Gasteiger charge is 2.38. The highest BCUT2D eigenvalue weighted by atomic mass is 16.2. The maximum atomic E-state index is 13.4. The molecule has 2 aliphatic heterocycles. The molecule has 2 aliphatic rings. The van der Waals surface area contributed by atoms with Gasteiger partial charge in [0, 0.05) is 25.3 Å². The third kappa shape index (κ3) is 2.94. The molecule has 2 N–H and O–H groups in total. The van der Waals surface area contributed by atoms with Gasteiger partial charge in [-0.05, 0) is 30.0 Å². The third-order valence-corrected chi connectivity index (χ3v) is 5.49. The monoisotopic (exact) mass is 349 g/mol. The van der Waals surface area contributed by atoms with Gasteiger partial charge in [0.15, 0.2) is 0 Å². The Kier molecular flexibility index (Phi) is 4.37. The van der Waals surface area contributed by atoms with Crippen LogP contribution in [0.2, 0.25) is 0 Å². The number of rotatable bonds is 4. The molecule has 1 saturated heterocycles. The largest absolute Gasteiger partial charge is 0.369 e. The molecule has 2 aromatic carbocycles. The molecule has 134 valence electrons. The highest BCUT2D eigenvalue weighted by Crippen LogP contribution is 2.36. The van der Waals surface area contributed by atoms with Gasteiger partial charge in [-0.3, -0.25) is 9.59 Å². The molecule has 0 unspecified atom stereocenters. The van der Waals surface area contributed by atoms with Crippen molar-refractivity contribution in [3.05, 3.63) is 65.7 Å². The molecule has 0 aromatic heterocycles. The van der Waals surface area contributed by atoms with Crippen molar-refractivity contribution in [3.8, 4) is 0 Å². The fourth-order valence-electron chi connectivity index (χ4n) is 4.09. The summed E-state index contributed by atoms with van der Waals surface area (Å²) in [6.45, 7) is 1.83. The Balaban J connectivity index is 1.67. The number of carbonyl (C=O) groups excluding carboxylic acids is 2. The van der Waals surface area contributed by atoms with Crippen LogP contribution in [0.15, 0.2) is 54.6 Å². The number of hydrogen-bond donors (Lipinski definition) is 1. The molecule has 1 fully saturated rings. The maximum Gasteiger partial charge on any atom is 0.249 e. The van der Waals surface area contributed by atoms with Crippen molar-refractivity contribution >= 4 is 17.5 Å². The first-order chi connectivity index (χ1) is 12.6. The number of nitrogens with two attached hydrogens (primary N) is 1. The number of hydrogen-bond acceptors (Lipinski definition) is 3. The summed E-state index contributed by atoms with van der Waals surface area (Å²) in [4.78, 5) is 28.9. The van der Waals surface area contributed by atoms with E-state index in [1.807, 2.05) is 42.5 Å². The average Bonchev–Trinajstić information content (AvgIpc) is 3.31. The summed E-state index contributed by atoms with van der Waals surface area (Å²) in [7, 11) is 0. The number of carbonyl (C=O) groups is 2. The lowest BCUT2D eigenvalue weighted by Crippen LogP contribution is -2.42. The van der Waals surface area contributed by atoms with E-state index in [4.69, 9.17) is 5.73 Å². The van der Waals surface area contributed by atoms with Gasteiger partial charge in [0.25, 0.3) is 0 Å². The normalized spacial score (nSPS) is 20.1. The van der Waals surface area contributed by atoms with E-state index < -0.39 is 0 Å². The molecule has 2 heterocycles. The van der Waals surface area contributed by atoms with Gasteiger partial charge in [-0.2, -0.15) is 0 Å². The summed E-state index contributed by atoms with van der Waals surface area (Å²) < 4.78 is 0. The highest BCUT2D eigenvalue weighted by molar-refractivity contribution is 5.89. The van der Waals surface area contributed by atoms with Crippen molar-refractivity contribution in [2.24, 2.45) is 11.7 Å². The van der Waals surface area contributed by atoms with Crippen LogP contribution in [0.1, 0.15) is 23.6 Å². The van der Waals surface area contributed by atoms with E-state index in [0.29, 0.717) is 19.5 Å². The van der Waals surface area contributed by atoms with Crippen LogP contribution < -0.4 is 10.6 Å². The first-order valence-electron chi connectivity index (χ1n) is 9.13. The molecule has 5 nitrogen and oxygen atoms in total. The predicted molar refractivity (Wildman–Crippen MR) is 101 cm³/mol. The number of fused-ring (bicyclic) bond motifs is 1. The van der Waals surface area contributed by atoms with Crippen molar-refractivity contribution in [2.75, 3.05) is 24.5 Å². The zero-order valence-electron chi connectivity index (χ0n) is 14.7. The van der Waals surface area contributed by atoms with E-state index in [1.165, 1.54) is 5.56 Å². The summed E-state index contributed by atoms with van der Waals surface area (Å²) in [5, 5.41) is 0. The van der Waals surface area contributed by atoms with Crippen LogP contribution in [0.3, 0.4) is 0 Å². The lowest BCUT2D eigenvalue weighted by Gasteiger charge is -2.33. The molecule has 2 aromatic rings. The summed E-state index contributed by atoms with van der Waals surface area (Å²) in [5.74, 6) is -0.499. The topological polar surface area (TPSA) is 66.6 Å². The van der Waals surface area contributed by atoms with E-state index in [1.54, 1.807) is 4.90 Å². The zero-order chi connectivity index (χ0) is 18.1. The van der Waals surface area contributed by atoms with Crippen LogP contribution in [0.25, 0.3) is 0 Å². The molecule has 0 spiro atoms. The molecule has 0 saturated carbocycles. The van der Waals surface area contributed by atoms with Crippen molar-refractivity contribution in [3.63, 3.8) is 0 Å².